The second kappa shape index (κ2) is 6.73. The van der Waals surface area contributed by atoms with Crippen molar-refractivity contribution in [1.29, 1.82) is 0 Å². The van der Waals surface area contributed by atoms with E-state index in [4.69, 9.17) is 0 Å². The maximum atomic E-state index is 10.2. The van der Waals surface area contributed by atoms with Gasteiger partial charge in [0.05, 0.1) is 14.4 Å². The van der Waals surface area contributed by atoms with Crippen molar-refractivity contribution in [3.8, 4) is 0 Å². The SMILES string of the molecule is O=P([O-])([O-])OC[C@@H](O)[C@@H](O)C1O[C@H](O)[C@H](O)[C@@H](O)[C@@H]1O. The number of hydrogen-bond acceptors (Lipinski definition) is 11. The minimum absolute atomic E-state index is 1.10. The topological polar surface area (TPSA) is 203 Å². The first-order valence-electron chi connectivity index (χ1n) is 5.45. The Morgan fingerprint density at radius 3 is 2.15 bits per heavy atom. The fraction of sp³-hybridized carbons (Fsp3) is 1.00. The first kappa shape index (κ1) is 17.9. The van der Waals surface area contributed by atoms with Crippen LogP contribution in [0.1, 0.15) is 0 Å². The van der Waals surface area contributed by atoms with E-state index < -0.39 is 57.3 Å². The highest BCUT2D eigenvalue weighted by atomic mass is 31.2. The van der Waals surface area contributed by atoms with Gasteiger partial charge in [-0.1, -0.05) is 0 Å². The highest BCUT2D eigenvalue weighted by molar-refractivity contribution is 7.43. The molecular formula is C8H15O11P-2. The maximum Gasteiger partial charge on any atom is 0.184 e. The molecule has 0 saturated carbocycles. The largest absolute Gasteiger partial charge is 0.790 e. The van der Waals surface area contributed by atoms with Crippen molar-refractivity contribution < 1.29 is 54.3 Å². The molecule has 7 atom stereocenters. The molecule has 1 unspecified atom stereocenters. The van der Waals surface area contributed by atoms with Gasteiger partial charge in [0.2, 0.25) is 0 Å². The van der Waals surface area contributed by atoms with Crippen molar-refractivity contribution in [2.75, 3.05) is 6.61 Å². The third-order valence-corrected chi connectivity index (χ3v) is 3.22. The van der Waals surface area contributed by atoms with Crippen molar-refractivity contribution in [2.24, 2.45) is 0 Å². The van der Waals surface area contributed by atoms with E-state index in [1.54, 1.807) is 0 Å². The maximum absolute atomic E-state index is 10.2. The number of ether oxygens (including phenoxy) is 1. The molecule has 0 bridgehead atoms. The number of aliphatic hydroxyl groups is 6. The molecule has 1 aliphatic heterocycles. The normalized spacial score (nSPS) is 38.5. The van der Waals surface area contributed by atoms with Gasteiger partial charge in [0.1, 0.15) is 36.6 Å². The zero-order chi connectivity index (χ0) is 15.7. The third kappa shape index (κ3) is 4.41. The van der Waals surface area contributed by atoms with Gasteiger partial charge in [0.15, 0.2) is 6.29 Å². The van der Waals surface area contributed by atoms with Crippen LogP contribution in [0, 0.1) is 0 Å². The van der Waals surface area contributed by atoms with Gasteiger partial charge in [-0.25, -0.2) is 0 Å². The van der Waals surface area contributed by atoms with Crippen molar-refractivity contribution >= 4 is 7.82 Å². The molecule has 0 radical (unpaired) electrons. The van der Waals surface area contributed by atoms with E-state index in [2.05, 4.69) is 9.26 Å². The van der Waals surface area contributed by atoms with E-state index in [0.717, 1.165) is 0 Å². The van der Waals surface area contributed by atoms with Gasteiger partial charge >= 0.3 is 0 Å². The predicted molar refractivity (Wildman–Crippen MR) is 54.5 cm³/mol. The van der Waals surface area contributed by atoms with Crippen LogP contribution < -0.4 is 9.79 Å². The second-order valence-corrected chi connectivity index (χ2v) is 5.42. The predicted octanol–water partition coefficient (Wildman–Crippen LogP) is -5.65. The fourth-order valence-corrected chi connectivity index (χ4v) is 1.99. The lowest BCUT2D eigenvalue weighted by atomic mass is 9.93. The molecule has 0 aromatic rings. The van der Waals surface area contributed by atoms with E-state index in [1.165, 1.54) is 0 Å². The molecule has 1 saturated heterocycles. The Morgan fingerprint density at radius 2 is 1.65 bits per heavy atom. The summed E-state index contributed by atoms with van der Waals surface area (Å²) < 4.78 is 18.5. The van der Waals surface area contributed by atoms with E-state index in [1.807, 2.05) is 0 Å². The molecule has 120 valence electrons. The van der Waals surface area contributed by atoms with Gasteiger partial charge in [0, 0.05) is 0 Å². The molecule has 0 aromatic heterocycles. The molecule has 1 aliphatic rings. The van der Waals surface area contributed by atoms with Crippen LogP contribution in [0.2, 0.25) is 0 Å². The molecule has 0 spiro atoms. The fourth-order valence-electron chi connectivity index (χ4n) is 1.65. The van der Waals surface area contributed by atoms with Crippen LogP contribution in [-0.4, -0.2) is 80.2 Å². The summed E-state index contributed by atoms with van der Waals surface area (Å²) in [4.78, 5) is 20.4. The third-order valence-electron chi connectivity index (χ3n) is 2.76. The highest BCUT2D eigenvalue weighted by Gasteiger charge is 2.47. The second-order valence-electron chi connectivity index (χ2n) is 4.26. The molecule has 1 heterocycles. The number of phosphoric ester groups is 1. The minimum atomic E-state index is -5.36. The van der Waals surface area contributed by atoms with E-state index in [-0.39, 0.29) is 0 Å². The first-order valence-corrected chi connectivity index (χ1v) is 6.91. The lowest BCUT2D eigenvalue weighted by molar-refractivity contribution is -0.344. The van der Waals surface area contributed by atoms with Crippen molar-refractivity contribution in [1.82, 2.24) is 0 Å². The van der Waals surface area contributed by atoms with Gasteiger partial charge < -0.3 is 54.3 Å². The molecule has 1 rings (SSSR count). The summed E-state index contributed by atoms with van der Waals surface area (Å²) in [5.74, 6) is 0. The average Bonchev–Trinajstić information content (AvgIpc) is 2.36. The molecule has 20 heavy (non-hydrogen) atoms. The standard InChI is InChI=1S/C8H17O11P/c9-2(1-18-20(15,16)17)3(10)7-5(12)4(11)6(13)8(14)19-7/h2-14H,1H2,(H2,15,16,17)/p-2/t2-,3-,4+,5+,6-,7?,8+/m1/s1. The van der Waals surface area contributed by atoms with Crippen LogP contribution in [0.3, 0.4) is 0 Å². The molecule has 0 amide bonds. The van der Waals surface area contributed by atoms with Crippen LogP contribution in [0.25, 0.3) is 0 Å². The Kier molecular flexibility index (Phi) is 6.01. The van der Waals surface area contributed by atoms with E-state index >= 15 is 0 Å². The first-order chi connectivity index (χ1) is 9.04. The number of rotatable bonds is 5. The quantitative estimate of drug-likeness (QED) is 0.263. The molecular weight excluding hydrogens is 303 g/mol. The molecule has 12 heteroatoms. The Bertz CT molecular complexity index is 358. The molecule has 11 nitrogen and oxygen atoms in total. The smallest absolute Gasteiger partial charge is 0.184 e. The molecule has 0 aliphatic carbocycles. The minimum Gasteiger partial charge on any atom is -0.790 e. The summed E-state index contributed by atoms with van der Waals surface area (Å²) in [6.07, 6.45) is -13.2. The lowest BCUT2D eigenvalue weighted by Crippen LogP contribution is -2.62. The zero-order valence-electron chi connectivity index (χ0n) is 9.92. The summed E-state index contributed by atoms with van der Waals surface area (Å²) in [5, 5.41) is 56.3. The van der Waals surface area contributed by atoms with Crippen LogP contribution in [0.4, 0.5) is 0 Å². The summed E-state index contributed by atoms with van der Waals surface area (Å²) in [6.45, 7) is -1.10. The van der Waals surface area contributed by atoms with Crippen LogP contribution in [0.15, 0.2) is 0 Å². The van der Waals surface area contributed by atoms with Crippen LogP contribution in [-0.2, 0) is 13.8 Å². The Balaban J connectivity index is 2.65. The van der Waals surface area contributed by atoms with Gasteiger partial charge in [-0.3, -0.25) is 0 Å². The number of phosphoric acid groups is 1. The number of hydrogen-bond donors (Lipinski definition) is 6. The van der Waals surface area contributed by atoms with Crippen molar-refractivity contribution in [3.05, 3.63) is 0 Å². The van der Waals surface area contributed by atoms with Gasteiger partial charge in [0.25, 0.3) is 0 Å². The Labute approximate surface area is 112 Å². The van der Waals surface area contributed by atoms with Crippen LogP contribution in [0.5, 0.6) is 0 Å². The Morgan fingerprint density at radius 1 is 1.10 bits per heavy atom. The van der Waals surface area contributed by atoms with Gasteiger partial charge in [-0.05, 0) is 0 Å². The monoisotopic (exact) mass is 318 g/mol. The average molecular weight is 318 g/mol. The summed E-state index contributed by atoms with van der Waals surface area (Å²) >= 11 is 0. The summed E-state index contributed by atoms with van der Waals surface area (Å²) in [5.41, 5.74) is 0. The number of aliphatic hydroxyl groups excluding tert-OH is 6. The highest BCUT2D eigenvalue weighted by Crippen LogP contribution is 2.27. The van der Waals surface area contributed by atoms with E-state index in [9.17, 15) is 45.0 Å². The summed E-state index contributed by atoms with van der Waals surface area (Å²) in [6, 6.07) is 0. The molecule has 6 N–H and O–H groups in total. The van der Waals surface area contributed by atoms with Crippen LogP contribution >= 0.6 is 7.82 Å². The zero-order valence-corrected chi connectivity index (χ0v) is 10.8. The molecule has 1 fully saturated rings. The Hall–Kier alpha value is -0.170. The van der Waals surface area contributed by atoms with Gasteiger partial charge in [-0.2, -0.15) is 0 Å². The van der Waals surface area contributed by atoms with Gasteiger partial charge in [-0.15, -0.1) is 0 Å². The molecule has 0 aromatic carbocycles. The summed E-state index contributed by atoms with van der Waals surface area (Å²) in [7, 11) is -5.36. The van der Waals surface area contributed by atoms with Crippen molar-refractivity contribution in [2.45, 2.75) is 42.9 Å². The van der Waals surface area contributed by atoms with Crippen molar-refractivity contribution in [3.63, 3.8) is 0 Å². The lowest BCUT2D eigenvalue weighted by Gasteiger charge is -2.41. The van der Waals surface area contributed by atoms with E-state index in [0.29, 0.717) is 0 Å².